The number of fused-ring (bicyclic) bond motifs is 1. The highest BCUT2D eigenvalue weighted by Gasteiger charge is 2.20. The van der Waals surface area contributed by atoms with Gasteiger partial charge >= 0.3 is 0 Å². The third-order valence-corrected chi connectivity index (χ3v) is 4.36. The van der Waals surface area contributed by atoms with Crippen LogP contribution in [0.15, 0.2) is 18.2 Å². The number of alkyl halides is 1. The molecule has 1 aromatic carbocycles. The molecule has 5 heteroatoms. The molecule has 1 aliphatic heterocycles. The van der Waals surface area contributed by atoms with Crippen LogP contribution >= 0.6 is 11.6 Å². The molecule has 0 radical (unpaired) electrons. The third kappa shape index (κ3) is 2.54. The Kier molecular flexibility index (Phi) is 3.94. The first-order valence-corrected chi connectivity index (χ1v) is 7.67. The fourth-order valence-corrected chi connectivity index (χ4v) is 3.22. The summed E-state index contributed by atoms with van der Waals surface area (Å²) >= 11 is 6.00. The largest absolute Gasteiger partial charge is 0.325 e. The summed E-state index contributed by atoms with van der Waals surface area (Å²) in [5.41, 5.74) is 1.65. The Labute approximate surface area is 123 Å². The number of halogens is 2. The predicted octanol–water partition coefficient (Wildman–Crippen LogP) is 3.40. The summed E-state index contributed by atoms with van der Waals surface area (Å²) in [7, 11) is 0. The van der Waals surface area contributed by atoms with E-state index in [1.807, 2.05) is 0 Å². The lowest BCUT2D eigenvalue weighted by atomic mass is 10.2. The zero-order valence-electron chi connectivity index (χ0n) is 11.6. The minimum Gasteiger partial charge on any atom is -0.325 e. The lowest BCUT2D eigenvalue weighted by Gasteiger charge is -2.25. The van der Waals surface area contributed by atoms with Gasteiger partial charge < -0.3 is 4.57 Å². The molecule has 1 unspecified atom stereocenters. The minimum atomic E-state index is -0.254. The van der Waals surface area contributed by atoms with Crippen molar-refractivity contribution in [1.29, 1.82) is 0 Å². The van der Waals surface area contributed by atoms with E-state index < -0.39 is 0 Å². The van der Waals surface area contributed by atoms with Crippen LogP contribution in [0.1, 0.15) is 25.6 Å². The highest BCUT2D eigenvalue weighted by atomic mass is 35.5. The molecule has 1 aliphatic rings. The Morgan fingerprint density at radius 3 is 2.80 bits per heavy atom. The van der Waals surface area contributed by atoms with Crippen molar-refractivity contribution in [2.45, 2.75) is 38.2 Å². The molecule has 1 atom stereocenters. The summed E-state index contributed by atoms with van der Waals surface area (Å²) in [4.78, 5) is 6.94. The summed E-state index contributed by atoms with van der Waals surface area (Å²) < 4.78 is 15.4. The van der Waals surface area contributed by atoms with E-state index in [4.69, 9.17) is 11.6 Å². The second kappa shape index (κ2) is 5.70. The summed E-state index contributed by atoms with van der Waals surface area (Å²) in [6.07, 6.45) is 2.56. The van der Waals surface area contributed by atoms with Gasteiger partial charge in [0.05, 0.1) is 16.9 Å². The van der Waals surface area contributed by atoms with Crippen molar-refractivity contribution >= 4 is 22.6 Å². The van der Waals surface area contributed by atoms with Gasteiger partial charge in [-0.1, -0.05) is 0 Å². The molecular weight excluding hydrogens is 277 g/mol. The van der Waals surface area contributed by atoms with Crippen molar-refractivity contribution in [3.8, 4) is 0 Å². The molecule has 108 valence electrons. The number of rotatable bonds is 4. The van der Waals surface area contributed by atoms with Crippen LogP contribution in [0.3, 0.4) is 0 Å². The van der Waals surface area contributed by atoms with E-state index in [2.05, 4.69) is 21.4 Å². The van der Waals surface area contributed by atoms with Crippen LogP contribution in [-0.4, -0.2) is 33.6 Å². The molecule has 20 heavy (non-hydrogen) atoms. The number of imidazole rings is 1. The smallest absolute Gasteiger partial charge is 0.125 e. The van der Waals surface area contributed by atoms with E-state index in [0.717, 1.165) is 17.9 Å². The van der Waals surface area contributed by atoms with Gasteiger partial charge in [0.2, 0.25) is 0 Å². The number of nitrogens with zero attached hydrogens (tertiary/aromatic N) is 3. The molecule has 1 saturated heterocycles. The molecular formula is C15H19ClFN3. The summed E-state index contributed by atoms with van der Waals surface area (Å²) in [5, 5.41) is 0. The van der Waals surface area contributed by atoms with Crippen molar-refractivity contribution in [2.24, 2.45) is 0 Å². The zero-order chi connectivity index (χ0) is 14.1. The summed E-state index contributed by atoms with van der Waals surface area (Å²) in [5.74, 6) is 0.914. The first-order valence-electron chi connectivity index (χ1n) is 7.13. The number of hydrogen-bond acceptors (Lipinski definition) is 2. The van der Waals surface area contributed by atoms with Gasteiger partial charge in [0.1, 0.15) is 11.6 Å². The average molecular weight is 296 g/mol. The molecule has 3 nitrogen and oxygen atoms in total. The molecule has 0 spiro atoms. The summed E-state index contributed by atoms with van der Waals surface area (Å²) in [6, 6.07) is 5.20. The second-order valence-electron chi connectivity index (χ2n) is 5.50. The maximum atomic E-state index is 13.3. The summed E-state index contributed by atoms with van der Waals surface area (Å²) in [6.45, 7) is 5.42. The Hall–Kier alpha value is -1.13. The lowest BCUT2D eigenvalue weighted by Crippen LogP contribution is -2.34. The lowest BCUT2D eigenvalue weighted by molar-refractivity contribution is 0.236. The SMILES string of the molecule is CC(Cn1c(CCl)nc2cc(F)ccc21)N1CCCC1. The highest BCUT2D eigenvalue weighted by molar-refractivity contribution is 6.16. The topological polar surface area (TPSA) is 21.1 Å². The standard InChI is InChI=1S/C15H19ClFN3/c1-11(19-6-2-3-7-19)10-20-14-5-4-12(17)8-13(14)18-15(20)9-16/h4-5,8,11H,2-3,6-7,9-10H2,1H3. The van der Waals surface area contributed by atoms with Gasteiger partial charge in [0.15, 0.2) is 0 Å². The van der Waals surface area contributed by atoms with Crippen LogP contribution < -0.4 is 0 Å². The van der Waals surface area contributed by atoms with Crippen molar-refractivity contribution in [2.75, 3.05) is 13.1 Å². The van der Waals surface area contributed by atoms with E-state index in [1.165, 1.54) is 38.1 Å². The van der Waals surface area contributed by atoms with Gasteiger partial charge in [-0.25, -0.2) is 9.37 Å². The maximum Gasteiger partial charge on any atom is 0.125 e. The fourth-order valence-electron chi connectivity index (χ4n) is 3.02. The Morgan fingerprint density at radius 1 is 1.35 bits per heavy atom. The van der Waals surface area contributed by atoms with E-state index in [1.54, 1.807) is 6.07 Å². The molecule has 0 N–H and O–H groups in total. The van der Waals surface area contributed by atoms with Crippen molar-refractivity contribution in [3.05, 3.63) is 29.8 Å². The molecule has 1 fully saturated rings. The van der Waals surface area contributed by atoms with Crippen molar-refractivity contribution < 1.29 is 4.39 Å². The maximum absolute atomic E-state index is 13.3. The van der Waals surface area contributed by atoms with Gasteiger partial charge in [-0.15, -0.1) is 11.6 Å². The number of aromatic nitrogens is 2. The molecule has 0 bridgehead atoms. The molecule has 1 aromatic heterocycles. The van der Waals surface area contributed by atoms with E-state index in [-0.39, 0.29) is 5.82 Å². The van der Waals surface area contributed by atoms with E-state index >= 15 is 0 Å². The monoisotopic (exact) mass is 295 g/mol. The predicted molar refractivity (Wildman–Crippen MR) is 79.5 cm³/mol. The van der Waals surface area contributed by atoms with Crippen molar-refractivity contribution in [1.82, 2.24) is 14.5 Å². The number of benzene rings is 1. The van der Waals surface area contributed by atoms with Gasteiger partial charge in [0, 0.05) is 18.7 Å². The normalized spacial score (nSPS) is 17.9. The third-order valence-electron chi connectivity index (χ3n) is 4.12. The first-order chi connectivity index (χ1) is 9.69. The van der Waals surface area contributed by atoms with Crippen LogP contribution in [0.4, 0.5) is 4.39 Å². The van der Waals surface area contributed by atoms with Gasteiger partial charge in [0.25, 0.3) is 0 Å². The minimum absolute atomic E-state index is 0.254. The quantitative estimate of drug-likeness (QED) is 0.806. The molecule has 0 saturated carbocycles. The molecule has 0 aliphatic carbocycles. The van der Waals surface area contributed by atoms with Crippen LogP contribution in [0, 0.1) is 5.82 Å². The van der Waals surface area contributed by atoms with Crippen LogP contribution in [-0.2, 0) is 12.4 Å². The molecule has 3 rings (SSSR count). The Balaban J connectivity index is 1.92. The van der Waals surface area contributed by atoms with Gasteiger partial charge in [-0.2, -0.15) is 0 Å². The first kappa shape index (κ1) is 13.8. The van der Waals surface area contributed by atoms with Gasteiger partial charge in [-0.05, 0) is 45.0 Å². The van der Waals surface area contributed by atoms with Crippen LogP contribution in [0.5, 0.6) is 0 Å². The van der Waals surface area contributed by atoms with Crippen LogP contribution in [0.2, 0.25) is 0 Å². The zero-order valence-corrected chi connectivity index (χ0v) is 12.4. The second-order valence-corrected chi connectivity index (χ2v) is 5.76. The number of likely N-dealkylation sites (tertiary alicyclic amines) is 1. The Morgan fingerprint density at radius 2 is 2.10 bits per heavy atom. The Bertz CT molecular complexity index is 604. The number of hydrogen-bond donors (Lipinski definition) is 0. The van der Waals surface area contributed by atoms with Crippen molar-refractivity contribution in [3.63, 3.8) is 0 Å². The van der Waals surface area contributed by atoms with E-state index in [0.29, 0.717) is 17.4 Å². The molecule has 2 heterocycles. The average Bonchev–Trinajstić information content (AvgIpc) is 3.06. The highest BCUT2D eigenvalue weighted by Crippen LogP contribution is 2.21. The van der Waals surface area contributed by atoms with E-state index in [9.17, 15) is 4.39 Å². The molecule has 0 amide bonds. The fraction of sp³-hybridized carbons (Fsp3) is 0.533. The molecule has 2 aromatic rings. The van der Waals surface area contributed by atoms with Crippen LogP contribution in [0.25, 0.3) is 11.0 Å². The van der Waals surface area contributed by atoms with Gasteiger partial charge in [-0.3, -0.25) is 4.90 Å².